The van der Waals surface area contributed by atoms with Gasteiger partial charge in [0.15, 0.2) is 0 Å². The first-order chi connectivity index (χ1) is 30.3. The zero-order chi connectivity index (χ0) is 46.8. The van der Waals surface area contributed by atoms with Crippen molar-refractivity contribution in [3.63, 3.8) is 0 Å². The van der Waals surface area contributed by atoms with Crippen LogP contribution in [-0.2, 0) is 29.0 Å². The Hall–Kier alpha value is -5.24. The molecule has 1 aliphatic carbocycles. The van der Waals surface area contributed by atoms with Gasteiger partial charge in [-0.05, 0) is 99.7 Å². The number of carbonyl (C=O) groups is 2. The van der Waals surface area contributed by atoms with Gasteiger partial charge in [0.05, 0.1) is 46.0 Å². The van der Waals surface area contributed by atoms with Gasteiger partial charge in [0.2, 0.25) is 0 Å². The molecule has 5 rings (SSSR count). The van der Waals surface area contributed by atoms with Crippen molar-refractivity contribution >= 4 is 31.7 Å². The Bertz CT molecular complexity index is 2130. The summed E-state index contributed by atoms with van der Waals surface area (Å²) in [5.41, 5.74) is -0.174. The number of rotatable bonds is 19. The Labute approximate surface area is 370 Å². The molecule has 1 saturated carbocycles. The molecular weight excluding hydrogens is 865 g/mol. The second-order valence-electron chi connectivity index (χ2n) is 15.6. The summed E-state index contributed by atoms with van der Waals surface area (Å²) >= 11 is 0. The van der Waals surface area contributed by atoms with Crippen LogP contribution in [0.5, 0.6) is 11.5 Å². The molecule has 0 radical (unpaired) electrons. The van der Waals surface area contributed by atoms with Crippen LogP contribution in [0.15, 0.2) is 103 Å². The zero-order valence-corrected chi connectivity index (χ0v) is 37.0. The molecule has 0 aliphatic heterocycles. The van der Waals surface area contributed by atoms with Crippen molar-refractivity contribution in [2.75, 3.05) is 37.7 Å². The number of hydrogen-bond donors (Lipinski definition) is 1. The second-order valence-corrected chi connectivity index (χ2v) is 17.0. The number of carbonyl (C=O) groups excluding carboxylic acids is 2. The Balaban J connectivity index is 1.66. The van der Waals surface area contributed by atoms with E-state index in [9.17, 15) is 41.2 Å². The van der Waals surface area contributed by atoms with Crippen LogP contribution in [0, 0.1) is 17.2 Å². The molecule has 4 atom stereocenters. The number of nitriles is 1. The van der Waals surface area contributed by atoms with Gasteiger partial charge in [0, 0.05) is 35.4 Å². The van der Waals surface area contributed by atoms with Crippen molar-refractivity contribution in [3.8, 4) is 17.6 Å². The highest BCUT2D eigenvalue weighted by Gasteiger charge is 2.51. The molecule has 1 N–H and O–H groups in total. The molecule has 2 amide bonds. The molecule has 64 heavy (non-hydrogen) atoms. The van der Waals surface area contributed by atoms with Gasteiger partial charge in [-0.1, -0.05) is 60.7 Å². The lowest BCUT2D eigenvalue weighted by molar-refractivity contribution is -0.171. The minimum absolute atomic E-state index is 0.00333. The minimum Gasteiger partial charge on any atom is -0.497 e. The molecular formula is C46H51F6N4O7P. The summed E-state index contributed by atoms with van der Waals surface area (Å²) in [6, 6.07) is 28.6. The number of ether oxygens (including phenoxy) is 3. The monoisotopic (exact) mass is 916 g/mol. The summed E-state index contributed by atoms with van der Waals surface area (Å²) < 4.78 is 117. The van der Waals surface area contributed by atoms with Gasteiger partial charge >= 0.3 is 24.2 Å². The molecule has 0 heterocycles. The van der Waals surface area contributed by atoms with Crippen molar-refractivity contribution in [1.82, 2.24) is 4.67 Å². The summed E-state index contributed by atoms with van der Waals surface area (Å²) in [6.45, 7) is 7.55. The van der Waals surface area contributed by atoms with Crippen molar-refractivity contribution in [2.24, 2.45) is 5.92 Å². The summed E-state index contributed by atoms with van der Waals surface area (Å²) in [6.07, 6.45) is -11.9. The summed E-state index contributed by atoms with van der Waals surface area (Å²) in [5, 5.41) is 11.0. The maximum Gasteiger partial charge on any atom is 0.471 e. The number of methoxy groups -OCH3 is 2. The fourth-order valence-electron chi connectivity index (χ4n) is 7.86. The van der Waals surface area contributed by atoms with Gasteiger partial charge in [-0.2, -0.15) is 31.6 Å². The standard InChI is InChI=1S/C46H51F6N4O7P/c1-30(2)56(31(3)4)64(62-25-11-24-53)63-41-28-38(55(43(58)46(50,51)52)37-15-10-14-36(27-37)54-42(57)45(47,48)49)26-32(41)29-61-44(33-12-8-7-9-13-33,34-16-20-39(59-5)21-17-34)35-18-22-40(60-6)23-19-35/h7-10,12-23,27,30-32,38,41H,11,25-26,28-29H2,1-6H3,(H,54,57)/t32-,38-,41+,64?/m1/s1. The normalized spacial score (nSPS) is 17.3. The highest BCUT2D eigenvalue weighted by molar-refractivity contribution is 7.44. The fraction of sp³-hybridized carbons (Fsp3) is 0.413. The topological polar surface area (TPSA) is 123 Å². The lowest BCUT2D eigenvalue weighted by atomic mass is 9.79. The molecule has 4 aromatic rings. The van der Waals surface area contributed by atoms with Crippen LogP contribution in [-0.4, -0.2) is 80.5 Å². The predicted molar refractivity (Wildman–Crippen MR) is 230 cm³/mol. The van der Waals surface area contributed by atoms with Gasteiger partial charge < -0.3 is 33.5 Å². The Morgan fingerprint density at radius 1 is 0.781 bits per heavy atom. The number of nitrogens with zero attached hydrogens (tertiary/aromatic N) is 3. The number of anilines is 2. The lowest BCUT2D eigenvalue weighted by Crippen LogP contribution is -2.47. The summed E-state index contributed by atoms with van der Waals surface area (Å²) in [5.74, 6) is -4.20. The first-order valence-electron chi connectivity index (χ1n) is 20.5. The molecule has 0 bridgehead atoms. The van der Waals surface area contributed by atoms with E-state index in [4.69, 9.17) is 23.3 Å². The Morgan fingerprint density at radius 3 is 1.84 bits per heavy atom. The first-order valence-corrected chi connectivity index (χ1v) is 21.6. The molecule has 1 unspecified atom stereocenters. The van der Waals surface area contributed by atoms with Crippen LogP contribution in [0.3, 0.4) is 0 Å². The van der Waals surface area contributed by atoms with Crippen molar-refractivity contribution in [1.29, 1.82) is 5.26 Å². The molecule has 0 spiro atoms. The third-order valence-electron chi connectivity index (χ3n) is 10.6. The lowest BCUT2D eigenvalue weighted by Gasteiger charge is -2.39. The zero-order valence-electron chi connectivity index (χ0n) is 36.2. The van der Waals surface area contributed by atoms with E-state index in [1.165, 1.54) is 14.2 Å². The number of benzene rings is 4. The van der Waals surface area contributed by atoms with Crippen LogP contribution in [0.1, 0.15) is 63.6 Å². The van der Waals surface area contributed by atoms with E-state index in [0.29, 0.717) is 33.1 Å². The van der Waals surface area contributed by atoms with Gasteiger partial charge in [0.25, 0.3) is 8.53 Å². The van der Waals surface area contributed by atoms with Crippen molar-refractivity contribution in [3.05, 3.63) is 120 Å². The van der Waals surface area contributed by atoms with Gasteiger partial charge in [-0.15, -0.1) is 0 Å². The molecule has 1 aliphatic rings. The molecule has 344 valence electrons. The van der Waals surface area contributed by atoms with E-state index < -0.39 is 67.7 Å². The van der Waals surface area contributed by atoms with Crippen LogP contribution < -0.4 is 19.7 Å². The molecule has 1 fully saturated rings. The average Bonchev–Trinajstić information content (AvgIpc) is 3.65. The number of alkyl halides is 6. The molecule has 0 saturated heterocycles. The third kappa shape index (κ3) is 11.9. The second kappa shape index (κ2) is 21.6. The van der Waals surface area contributed by atoms with Crippen LogP contribution in [0.4, 0.5) is 37.7 Å². The first kappa shape index (κ1) is 49.8. The molecule has 18 heteroatoms. The number of halogens is 6. The largest absolute Gasteiger partial charge is 0.497 e. The highest BCUT2D eigenvalue weighted by atomic mass is 31.2. The van der Waals surface area contributed by atoms with Crippen molar-refractivity contribution < 1.29 is 59.2 Å². The van der Waals surface area contributed by atoms with Gasteiger partial charge in [-0.25, -0.2) is 4.67 Å². The number of amides is 2. The van der Waals surface area contributed by atoms with E-state index in [2.05, 4.69) is 0 Å². The van der Waals surface area contributed by atoms with E-state index in [-0.39, 0.29) is 44.6 Å². The SMILES string of the molecule is COc1ccc(C(OC[C@H]2C[C@@H](N(C(=O)C(F)(F)F)c3cccc(NC(=O)C(F)(F)F)c3)C[C@@H]2OP(OCCC#N)N(C(C)C)C(C)C)(c2ccccc2)c2ccc(OC)cc2)cc1. The minimum atomic E-state index is -5.42. The van der Waals surface area contributed by atoms with E-state index >= 15 is 0 Å². The van der Waals surface area contributed by atoms with E-state index in [1.807, 2.05) is 93.0 Å². The number of hydrogen-bond acceptors (Lipinski definition) is 9. The summed E-state index contributed by atoms with van der Waals surface area (Å²) in [7, 11) is 1.10. The maximum atomic E-state index is 14.6. The smallest absolute Gasteiger partial charge is 0.471 e. The van der Waals surface area contributed by atoms with Crippen LogP contribution >= 0.6 is 8.53 Å². The van der Waals surface area contributed by atoms with Crippen LogP contribution in [0.2, 0.25) is 0 Å². The van der Waals surface area contributed by atoms with E-state index in [1.54, 1.807) is 29.6 Å². The molecule has 11 nitrogen and oxygen atoms in total. The quantitative estimate of drug-likeness (QED) is 0.0424. The van der Waals surface area contributed by atoms with Gasteiger partial charge in [0.1, 0.15) is 17.1 Å². The Morgan fingerprint density at radius 2 is 1.34 bits per heavy atom. The Kier molecular flexibility index (Phi) is 16.8. The maximum absolute atomic E-state index is 14.6. The third-order valence-corrected chi connectivity index (χ3v) is 12.8. The molecule has 4 aromatic carbocycles. The predicted octanol–water partition coefficient (Wildman–Crippen LogP) is 10.5. The van der Waals surface area contributed by atoms with E-state index in [0.717, 1.165) is 24.3 Å². The highest BCUT2D eigenvalue weighted by Crippen LogP contribution is 2.52. The van der Waals surface area contributed by atoms with Crippen LogP contribution in [0.25, 0.3) is 0 Å². The van der Waals surface area contributed by atoms with Crippen molar-refractivity contribution in [2.45, 2.75) is 89.1 Å². The fourth-order valence-corrected chi connectivity index (χ4v) is 9.65. The molecule has 0 aromatic heterocycles. The van der Waals surface area contributed by atoms with Gasteiger partial charge in [-0.3, -0.25) is 9.59 Å². The summed E-state index contributed by atoms with van der Waals surface area (Å²) in [4.78, 5) is 25.8. The average molecular weight is 917 g/mol. The number of nitrogens with one attached hydrogen (secondary N) is 1.